The van der Waals surface area contributed by atoms with Crippen LogP contribution in [0.25, 0.3) is 0 Å². The smallest absolute Gasteiger partial charge is 0.244 e. The number of aromatic nitrogens is 2. The normalized spacial score (nSPS) is 27.2. The topological polar surface area (TPSA) is 60.2 Å². The van der Waals surface area contributed by atoms with Crippen molar-refractivity contribution in [3.8, 4) is 0 Å². The van der Waals surface area contributed by atoms with Crippen molar-refractivity contribution in [1.82, 2.24) is 15.5 Å². The summed E-state index contributed by atoms with van der Waals surface area (Å²) in [5.74, 6) is 1.88. The fraction of sp³-hybridized carbons (Fsp3) is 0.818. The second-order valence-electron chi connectivity index (χ2n) is 4.29. The SMILES string of the molecule is CCOC(C)c1noc(C2NCCC2C)n1. The van der Waals surface area contributed by atoms with Crippen LogP contribution in [0.4, 0.5) is 0 Å². The lowest BCUT2D eigenvalue weighted by molar-refractivity contribution is 0.0683. The van der Waals surface area contributed by atoms with Gasteiger partial charge in [-0.1, -0.05) is 12.1 Å². The zero-order chi connectivity index (χ0) is 11.5. The molecule has 3 unspecified atom stereocenters. The molecule has 1 saturated heterocycles. The summed E-state index contributed by atoms with van der Waals surface area (Å²) in [6.45, 7) is 7.76. The monoisotopic (exact) mass is 225 g/mol. The van der Waals surface area contributed by atoms with Crippen LogP contribution in [0.5, 0.6) is 0 Å². The average Bonchev–Trinajstić information content (AvgIpc) is 2.86. The largest absolute Gasteiger partial charge is 0.371 e. The van der Waals surface area contributed by atoms with Crippen LogP contribution < -0.4 is 5.32 Å². The summed E-state index contributed by atoms with van der Waals surface area (Å²) in [4.78, 5) is 4.40. The van der Waals surface area contributed by atoms with Gasteiger partial charge in [-0.05, 0) is 32.7 Å². The maximum absolute atomic E-state index is 5.43. The van der Waals surface area contributed by atoms with Gasteiger partial charge in [0.05, 0.1) is 6.04 Å². The number of ether oxygens (including phenoxy) is 1. The maximum atomic E-state index is 5.43. The van der Waals surface area contributed by atoms with Crippen LogP contribution in [-0.4, -0.2) is 23.3 Å². The van der Waals surface area contributed by atoms with Crippen LogP contribution in [0.15, 0.2) is 4.52 Å². The summed E-state index contributed by atoms with van der Waals surface area (Å²) >= 11 is 0. The first-order valence-corrected chi connectivity index (χ1v) is 5.90. The second kappa shape index (κ2) is 4.93. The number of hydrogen-bond donors (Lipinski definition) is 1. The minimum Gasteiger partial charge on any atom is -0.371 e. The molecule has 90 valence electrons. The van der Waals surface area contributed by atoms with Crippen LogP contribution in [0, 0.1) is 5.92 Å². The van der Waals surface area contributed by atoms with Crippen LogP contribution in [0.2, 0.25) is 0 Å². The minimum atomic E-state index is -0.0980. The van der Waals surface area contributed by atoms with Crippen molar-refractivity contribution in [3.63, 3.8) is 0 Å². The summed E-state index contributed by atoms with van der Waals surface area (Å²) in [6.07, 6.45) is 1.06. The Balaban J connectivity index is 2.06. The molecule has 1 aromatic heterocycles. The molecule has 1 aliphatic rings. The van der Waals surface area contributed by atoms with Crippen molar-refractivity contribution in [1.29, 1.82) is 0 Å². The molecule has 0 spiro atoms. The van der Waals surface area contributed by atoms with Crippen LogP contribution >= 0.6 is 0 Å². The quantitative estimate of drug-likeness (QED) is 0.847. The van der Waals surface area contributed by atoms with Gasteiger partial charge in [-0.3, -0.25) is 0 Å². The Labute approximate surface area is 95.6 Å². The zero-order valence-electron chi connectivity index (χ0n) is 10.1. The molecular weight excluding hydrogens is 206 g/mol. The standard InChI is InChI=1S/C11H19N3O2/c1-4-15-8(3)10-13-11(16-14-10)9-7(2)5-6-12-9/h7-9,12H,4-6H2,1-3H3. The van der Waals surface area contributed by atoms with Gasteiger partial charge in [-0.15, -0.1) is 0 Å². The third-order valence-corrected chi connectivity index (χ3v) is 3.04. The molecule has 1 N–H and O–H groups in total. The maximum Gasteiger partial charge on any atom is 0.244 e. The third-order valence-electron chi connectivity index (χ3n) is 3.04. The first-order valence-electron chi connectivity index (χ1n) is 5.90. The van der Waals surface area contributed by atoms with E-state index in [-0.39, 0.29) is 12.1 Å². The fourth-order valence-corrected chi connectivity index (χ4v) is 2.03. The molecule has 3 atom stereocenters. The predicted molar refractivity (Wildman–Crippen MR) is 58.9 cm³/mol. The van der Waals surface area contributed by atoms with E-state index < -0.39 is 0 Å². The molecule has 0 aromatic carbocycles. The lowest BCUT2D eigenvalue weighted by atomic mass is 10.0. The molecule has 0 bridgehead atoms. The summed E-state index contributed by atoms with van der Waals surface area (Å²) in [5.41, 5.74) is 0. The summed E-state index contributed by atoms with van der Waals surface area (Å²) in [7, 11) is 0. The molecule has 2 rings (SSSR count). The summed E-state index contributed by atoms with van der Waals surface area (Å²) in [6, 6.07) is 0.204. The lowest BCUT2D eigenvalue weighted by Gasteiger charge is -2.09. The Morgan fingerprint density at radius 1 is 1.62 bits per heavy atom. The fourth-order valence-electron chi connectivity index (χ4n) is 2.03. The van der Waals surface area contributed by atoms with Crippen LogP contribution in [-0.2, 0) is 4.74 Å². The van der Waals surface area contributed by atoms with Gasteiger partial charge in [0.15, 0.2) is 5.82 Å². The first kappa shape index (κ1) is 11.5. The Morgan fingerprint density at radius 3 is 3.06 bits per heavy atom. The van der Waals surface area contributed by atoms with E-state index in [1.165, 1.54) is 0 Å². The summed E-state index contributed by atoms with van der Waals surface area (Å²) < 4.78 is 10.7. The molecule has 1 fully saturated rings. The van der Waals surface area contributed by atoms with E-state index in [1.807, 2.05) is 13.8 Å². The van der Waals surface area contributed by atoms with Gasteiger partial charge >= 0.3 is 0 Å². The van der Waals surface area contributed by atoms with E-state index in [1.54, 1.807) is 0 Å². The molecule has 2 heterocycles. The number of rotatable bonds is 4. The number of nitrogens with zero attached hydrogens (tertiary/aromatic N) is 2. The molecule has 1 aromatic rings. The van der Waals surface area contributed by atoms with Gasteiger partial charge in [0, 0.05) is 6.61 Å². The van der Waals surface area contributed by atoms with E-state index in [2.05, 4.69) is 22.4 Å². The predicted octanol–water partition coefficient (Wildman–Crippen LogP) is 1.84. The first-order chi connectivity index (χ1) is 7.72. The third kappa shape index (κ3) is 2.25. The second-order valence-corrected chi connectivity index (χ2v) is 4.29. The summed E-state index contributed by atoms with van der Waals surface area (Å²) in [5, 5.41) is 7.33. The van der Waals surface area contributed by atoms with Crippen molar-refractivity contribution in [2.24, 2.45) is 5.92 Å². The molecule has 1 aliphatic heterocycles. The van der Waals surface area contributed by atoms with Crippen molar-refractivity contribution in [2.75, 3.05) is 13.2 Å². The Kier molecular flexibility index (Phi) is 3.56. The van der Waals surface area contributed by atoms with E-state index in [0.29, 0.717) is 24.2 Å². The van der Waals surface area contributed by atoms with Gasteiger partial charge in [0.25, 0.3) is 0 Å². The van der Waals surface area contributed by atoms with Gasteiger partial charge in [-0.25, -0.2) is 0 Å². The van der Waals surface area contributed by atoms with E-state index >= 15 is 0 Å². The van der Waals surface area contributed by atoms with Gasteiger partial charge in [-0.2, -0.15) is 4.98 Å². The minimum absolute atomic E-state index is 0.0980. The highest BCUT2D eigenvalue weighted by Gasteiger charge is 2.29. The van der Waals surface area contributed by atoms with Gasteiger partial charge in [0.1, 0.15) is 6.10 Å². The molecule has 0 amide bonds. The molecule has 5 nitrogen and oxygen atoms in total. The van der Waals surface area contributed by atoms with Crippen molar-refractivity contribution >= 4 is 0 Å². The molecule has 5 heteroatoms. The number of hydrogen-bond acceptors (Lipinski definition) is 5. The Morgan fingerprint density at radius 2 is 2.44 bits per heavy atom. The van der Waals surface area contributed by atoms with Crippen LogP contribution in [0.3, 0.4) is 0 Å². The van der Waals surface area contributed by atoms with Crippen LogP contribution in [0.1, 0.15) is 51.1 Å². The van der Waals surface area contributed by atoms with Crippen molar-refractivity contribution in [3.05, 3.63) is 11.7 Å². The highest BCUT2D eigenvalue weighted by Crippen LogP contribution is 2.28. The Hall–Kier alpha value is -0.940. The van der Waals surface area contributed by atoms with Crippen molar-refractivity contribution < 1.29 is 9.26 Å². The molecule has 16 heavy (non-hydrogen) atoms. The van der Waals surface area contributed by atoms with E-state index in [4.69, 9.17) is 9.26 Å². The lowest BCUT2D eigenvalue weighted by Crippen LogP contribution is -2.17. The highest BCUT2D eigenvalue weighted by molar-refractivity contribution is 4.99. The van der Waals surface area contributed by atoms with E-state index in [0.717, 1.165) is 13.0 Å². The zero-order valence-corrected chi connectivity index (χ0v) is 10.1. The van der Waals surface area contributed by atoms with E-state index in [9.17, 15) is 0 Å². The molecule has 0 saturated carbocycles. The Bertz CT molecular complexity index is 340. The average molecular weight is 225 g/mol. The van der Waals surface area contributed by atoms with Crippen molar-refractivity contribution in [2.45, 2.75) is 39.3 Å². The molecule has 0 aliphatic carbocycles. The number of nitrogens with one attached hydrogen (secondary N) is 1. The molecule has 0 radical (unpaired) electrons. The van der Waals surface area contributed by atoms with Gasteiger partial charge in [0.2, 0.25) is 5.89 Å². The van der Waals surface area contributed by atoms with Gasteiger partial charge < -0.3 is 14.6 Å². The highest BCUT2D eigenvalue weighted by atomic mass is 16.5. The molecular formula is C11H19N3O2.